The molecule has 1 N–H and O–H groups in total. The minimum atomic E-state index is -0.964. The zero-order valence-electron chi connectivity index (χ0n) is 12.4. The van der Waals surface area contributed by atoms with Gasteiger partial charge in [-0.1, -0.05) is 6.92 Å². The maximum absolute atomic E-state index is 12.5. The molecule has 0 saturated carbocycles. The third kappa shape index (κ3) is 3.18. The van der Waals surface area contributed by atoms with Crippen LogP contribution >= 0.6 is 0 Å². The zero-order chi connectivity index (χ0) is 15.6. The van der Waals surface area contributed by atoms with Crippen LogP contribution in [0.25, 0.3) is 0 Å². The van der Waals surface area contributed by atoms with Crippen LogP contribution in [0.4, 0.5) is 0 Å². The SMILES string of the molecule is COCCN1CC(C(=O)N2CCC(C)C2C(=O)O)CC1=O. The van der Waals surface area contributed by atoms with E-state index in [4.69, 9.17) is 4.74 Å². The highest BCUT2D eigenvalue weighted by molar-refractivity contribution is 5.91. The first-order chi connectivity index (χ1) is 9.95. The molecule has 7 nitrogen and oxygen atoms in total. The molecule has 0 aromatic rings. The minimum Gasteiger partial charge on any atom is -0.480 e. The Morgan fingerprint density at radius 3 is 2.76 bits per heavy atom. The predicted molar refractivity (Wildman–Crippen MR) is 73.5 cm³/mol. The van der Waals surface area contributed by atoms with Gasteiger partial charge in [-0.05, 0) is 12.3 Å². The van der Waals surface area contributed by atoms with Crippen LogP contribution < -0.4 is 0 Å². The zero-order valence-corrected chi connectivity index (χ0v) is 12.4. The highest BCUT2D eigenvalue weighted by atomic mass is 16.5. The Labute approximate surface area is 123 Å². The number of amides is 2. The lowest BCUT2D eigenvalue weighted by Crippen LogP contribution is -2.46. The van der Waals surface area contributed by atoms with E-state index in [9.17, 15) is 19.5 Å². The Hall–Kier alpha value is -1.63. The number of rotatable bonds is 5. The average molecular weight is 298 g/mol. The van der Waals surface area contributed by atoms with Gasteiger partial charge >= 0.3 is 5.97 Å². The van der Waals surface area contributed by atoms with E-state index >= 15 is 0 Å². The second-order valence-electron chi connectivity index (χ2n) is 5.81. The van der Waals surface area contributed by atoms with Gasteiger partial charge in [0.15, 0.2) is 0 Å². The maximum atomic E-state index is 12.5. The molecule has 118 valence electrons. The Kier molecular flexibility index (Phi) is 4.82. The van der Waals surface area contributed by atoms with Crippen LogP contribution in [0.1, 0.15) is 19.8 Å². The van der Waals surface area contributed by atoms with E-state index in [-0.39, 0.29) is 24.2 Å². The number of likely N-dealkylation sites (tertiary alicyclic amines) is 2. The standard InChI is InChI=1S/C14H22N2O5/c1-9-3-4-16(12(9)14(19)20)13(18)10-7-11(17)15(8-10)5-6-21-2/h9-10,12H,3-8H2,1-2H3,(H,19,20). The molecule has 0 aromatic carbocycles. The van der Waals surface area contributed by atoms with Crippen molar-refractivity contribution in [2.24, 2.45) is 11.8 Å². The van der Waals surface area contributed by atoms with E-state index in [1.54, 1.807) is 12.0 Å². The summed E-state index contributed by atoms with van der Waals surface area (Å²) >= 11 is 0. The van der Waals surface area contributed by atoms with Crippen LogP contribution in [0, 0.1) is 11.8 Å². The van der Waals surface area contributed by atoms with Gasteiger partial charge in [0.1, 0.15) is 6.04 Å². The smallest absolute Gasteiger partial charge is 0.326 e. The number of carbonyl (C=O) groups is 3. The molecule has 0 bridgehead atoms. The molecule has 2 fully saturated rings. The summed E-state index contributed by atoms with van der Waals surface area (Å²) in [5, 5.41) is 9.28. The van der Waals surface area contributed by atoms with Crippen molar-refractivity contribution in [2.75, 3.05) is 33.4 Å². The number of aliphatic carboxylic acids is 1. The number of carboxylic acids is 1. The molecule has 2 rings (SSSR count). The molecule has 2 amide bonds. The monoisotopic (exact) mass is 298 g/mol. The van der Waals surface area contributed by atoms with E-state index in [2.05, 4.69) is 0 Å². The third-order valence-electron chi connectivity index (χ3n) is 4.37. The molecule has 3 atom stereocenters. The lowest BCUT2D eigenvalue weighted by molar-refractivity contribution is -0.150. The van der Waals surface area contributed by atoms with Crippen LogP contribution in [0.3, 0.4) is 0 Å². The van der Waals surface area contributed by atoms with Crippen molar-refractivity contribution in [3.05, 3.63) is 0 Å². The van der Waals surface area contributed by atoms with Crippen molar-refractivity contribution in [2.45, 2.75) is 25.8 Å². The van der Waals surface area contributed by atoms with Gasteiger partial charge in [-0.2, -0.15) is 0 Å². The molecule has 0 radical (unpaired) electrons. The third-order valence-corrected chi connectivity index (χ3v) is 4.37. The number of carbonyl (C=O) groups excluding carboxylic acids is 2. The number of hydrogen-bond acceptors (Lipinski definition) is 4. The number of ether oxygens (including phenoxy) is 1. The summed E-state index contributed by atoms with van der Waals surface area (Å²) in [6, 6.07) is -0.763. The van der Waals surface area contributed by atoms with Crippen LogP contribution in [0.2, 0.25) is 0 Å². The summed E-state index contributed by atoms with van der Waals surface area (Å²) in [6.07, 6.45) is 0.858. The van der Waals surface area contributed by atoms with Crippen molar-refractivity contribution in [3.63, 3.8) is 0 Å². The quantitative estimate of drug-likeness (QED) is 0.759. The molecule has 3 unspecified atom stereocenters. The van der Waals surface area contributed by atoms with Gasteiger partial charge in [0, 0.05) is 33.2 Å². The molecule has 2 aliphatic rings. The van der Waals surface area contributed by atoms with Crippen LogP contribution in [-0.4, -0.2) is 72.1 Å². The average Bonchev–Trinajstić information content (AvgIpc) is 2.99. The molecule has 21 heavy (non-hydrogen) atoms. The van der Waals surface area contributed by atoms with Crippen molar-refractivity contribution >= 4 is 17.8 Å². The first kappa shape index (κ1) is 15.8. The highest BCUT2D eigenvalue weighted by Gasteiger charge is 2.44. The number of hydrogen-bond donors (Lipinski definition) is 1. The van der Waals surface area contributed by atoms with E-state index in [0.29, 0.717) is 32.7 Å². The Morgan fingerprint density at radius 2 is 2.14 bits per heavy atom. The van der Waals surface area contributed by atoms with Crippen LogP contribution in [-0.2, 0) is 19.1 Å². The van der Waals surface area contributed by atoms with Crippen molar-refractivity contribution in [3.8, 4) is 0 Å². The molecule has 0 aromatic heterocycles. The molecule has 2 saturated heterocycles. The van der Waals surface area contributed by atoms with E-state index in [1.165, 1.54) is 4.90 Å². The molecule has 0 spiro atoms. The summed E-state index contributed by atoms with van der Waals surface area (Å²) in [5.41, 5.74) is 0. The number of nitrogens with zero attached hydrogens (tertiary/aromatic N) is 2. The first-order valence-electron chi connectivity index (χ1n) is 7.25. The fourth-order valence-corrected chi connectivity index (χ4v) is 3.16. The van der Waals surface area contributed by atoms with Gasteiger partial charge in [0.05, 0.1) is 12.5 Å². The van der Waals surface area contributed by atoms with Crippen LogP contribution in [0.15, 0.2) is 0 Å². The lowest BCUT2D eigenvalue weighted by atomic mass is 10.0. The van der Waals surface area contributed by atoms with Crippen molar-refractivity contribution < 1.29 is 24.2 Å². The van der Waals surface area contributed by atoms with E-state index in [0.717, 1.165) is 0 Å². The summed E-state index contributed by atoms with van der Waals surface area (Å²) < 4.78 is 4.94. The maximum Gasteiger partial charge on any atom is 0.326 e. The van der Waals surface area contributed by atoms with Crippen molar-refractivity contribution in [1.29, 1.82) is 0 Å². The summed E-state index contributed by atoms with van der Waals surface area (Å²) in [7, 11) is 1.56. The normalized spacial score (nSPS) is 29.2. The molecular weight excluding hydrogens is 276 g/mol. The number of methoxy groups -OCH3 is 1. The second-order valence-corrected chi connectivity index (χ2v) is 5.81. The van der Waals surface area contributed by atoms with Crippen molar-refractivity contribution in [1.82, 2.24) is 9.80 Å². The molecule has 7 heteroatoms. The Morgan fingerprint density at radius 1 is 1.43 bits per heavy atom. The Balaban J connectivity index is 2.01. The largest absolute Gasteiger partial charge is 0.480 e. The van der Waals surface area contributed by atoms with Gasteiger partial charge in [-0.15, -0.1) is 0 Å². The molecule has 0 aliphatic carbocycles. The second kappa shape index (κ2) is 6.43. The van der Waals surface area contributed by atoms with Gasteiger partial charge in [-0.3, -0.25) is 9.59 Å². The molecule has 2 heterocycles. The summed E-state index contributed by atoms with van der Waals surface area (Å²) in [4.78, 5) is 38.8. The fraction of sp³-hybridized carbons (Fsp3) is 0.786. The Bertz CT molecular complexity index is 439. The molecular formula is C14H22N2O5. The topological polar surface area (TPSA) is 87.2 Å². The van der Waals surface area contributed by atoms with Gasteiger partial charge in [0.2, 0.25) is 11.8 Å². The summed E-state index contributed by atoms with van der Waals surface area (Å²) in [5.74, 6) is -1.71. The first-order valence-corrected chi connectivity index (χ1v) is 7.25. The molecule has 2 aliphatic heterocycles. The van der Waals surface area contributed by atoms with E-state index in [1.807, 2.05) is 6.92 Å². The van der Waals surface area contributed by atoms with E-state index < -0.39 is 17.9 Å². The minimum absolute atomic E-state index is 0.0480. The fourth-order valence-electron chi connectivity index (χ4n) is 3.16. The van der Waals surface area contributed by atoms with Gasteiger partial charge < -0.3 is 19.6 Å². The number of carboxylic acid groups (broad SMARTS) is 1. The highest BCUT2D eigenvalue weighted by Crippen LogP contribution is 2.28. The summed E-state index contributed by atoms with van der Waals surface area (Å²) in [6.45, 7) is 3.57. The van der Waals surface area contributed by atoms with Gasteiger partial charge in [-0.25, -0.2) is 4.79 Å². The van der Waals surface area contributed by atoms with Gasteiger partial charge in [0.25, 0.3) is 0 Å². The lowest BCUT2D eigenvalue weighted by Gasteiger charge is -2.26. The predicted octanol–water partition coefficient (Wildman–Crippen LogP) is -0.197. The van der Waals surface area contributed by atoms with Crippen LogP contribution in [0.5, 0.6) is 0 Å².